The summed E-state index contributed by atoms with van der Waals surface area (Å²) >= 11 is 1.51. The van der Waals surface area contributed by atoms with Crippen LogP contribution in [0.15, 0.2) is 5.38 Å². The molecule has 4 nitrogen and oxygen atoms in total. The molecule has 0 atom stereocenters. The van der Waals surface area contributed by atoms with E-state index in [1.165, 1.54) is 16.2 Å². The normalized spacial score (nSPS) is 10.2. The Bertz CT molecular complexity index is 411. The average Bonchev–Trinajstić information content (AvgIpc) is 2.55. The van der Waals surface area contributed by atoms with Crippen molar-refractivity contribution in [1.29, 1.82) is 0 Å². The molecule has 1 heterocycles. The molecular weight excluding hydrogens is 226 g/mol. The van der Waals surface area contributed by atoms with Gasteiger partial charge in [0.1, 0.15) is 6.54 Å². The highest BCUT2D eigenvalue weighted by atomic mass is 32.1. The molecule has 16 heavy (non-hydrogen) atoms. The Morgan fingerprint density at radius 1 is 1.44 bits per heavy atom. The van der Waals surface area contributed by atoms with Gasteiger partial charge in [0.15, 0.2) is 0 Å². The van der Waals surface area contributed by atoms with E-state index in [4.69, 9.17) is 5.11 Å². The molecule has 0 bridgehead atoms. The Morgan fingerprint density at radius 2 is 2.06 bits per heavy atom. The van der Waals surface area contributed by atoms with Crippen LogP contribution in [-0.2, 0) is 4.79 Å². The number of carboxylic acids is 1. The van der Waals surface area contributed by atoms with Crippen LogP contribution in [0.25, 0.3) is 0 Å². The van der Waals surface area contributed by atoms with Crippen molar-refractivity contribution < 1.29 is 14.7 Å². The number of aryl methyl sites for hydroxylation is 1. The molecule has 1 aromatic heterocycles. The third-order valence-corrected chi connectivity index (χ3v) is 3.52. The standard InChI is InChI=1S/C11H15NO3S/c1-4-12(5-10(13)14)11(15)9-6-16-8(3)7(9)2/h6H,4-5H2,1-3H3,(H,13,14). The zero-order valence-corrected chi connectivity index (χ0v) is 10.4. The lowest BCUT2D eigenvalue weighted by Gasteiger charge is -2.18. The topological polar surface area (TPSA) is 57.6 Å². The summed E-state index contributed by atoms with van der Waals surface area (Å²) in [5.41, 5.74) is 1.56. The summed E-state index contributed by atoms with van der Waals surface area (Å²) in [6.45, 7) is 5.76. The van der Waals surface area contributed by atoms with E-state index in [0.29, 0.717) is 12.1 Å². The van der Waals surface area contributed by atoms with Gasteiger partial charge in [-0.05, 0) is 26.3 Å². The van der Waals surface area contributed by atoms with Crippen molar-refractivity contribution in [3.63, 3.8) is 0 Å². The lowest BCUT2D eigenvalue weighted by atomic mass is 10.1. The van der Waals surface area contributed by atoms with Crippen LogP contribution in [-0.4, -0.2) is 35.0 Å². The maximum Gasteiger partial charge on any atom is 0.323 e. The van der Waals surface area contributed by atoms with Crippen LogP contribution in [0.3, 0.4) is 0 Å². The highest BCUT2D eigenvalue weighted by Crippen LogP contribution is 2.21. The van der Waals surface area contributed by atoms with Gasteiger partial charge >= 0.3 is 5.97 Å². The molecule has 0 radical (unpaired) electrons. The lowest BCUT2D eigenvalue weighted by molar-refractivity contribution is -0.137. The van der Waals surface area contributed by atoms with E-state index < -0.39 is 5.97 Å². The number of hydrogen-bond acceptors (Lipinski definition) is 3. The molecule has 1 N–H and O–H groups in total. The second-order valence-corrected chi connectivity index (χ2v) is 4.63. The Kier molecular flexibility index (Phi) is 4.06. The molecule has 0 unspecified atom stereocenters. The van der Waals surface area contributed by atoms with Crippen molar-refractivity contribution in [2.75, 3.05) is 13.1 Å². The van der Waals surface area contributed by atoms with Gasteiger partial charge in [-0.3, -0.25) is 9.59 Å². The number of carboxylic acid groups (broad SMARTS) is 1. The monoisotopic (exact) mass is 241 g/mol. The van der Waals surface area contributed by atoms with E-state index in [2.05, 4.69) is 0 Å². The molecule has 88 valence electrons. The Labute approximate surface area is 98.5 Å². The summed E-state index contributed by atoms with van der Waals surface area (Å²) in [4.78, 5) is 25.0. The van der Waals surface area contributed by atoms with Crippen LogP contribution in [0, 0.1) is 13.8 Å². The van der Waals surface area contributed by atoms with Gasteiger partial charge in [0.25, 0.3) is 5.91 Å². The lowest BCUT2D eigenvalue weighted by Crippen LogP contribution is -2.35. The van der Waals surface area contributed by atoms with Crippen LogP contribution in [0.5, 0.6) is 0 Å². The fraction of sp³-hybridized carbons (Fsp3) is 0.455. The van der Waals surface area contributed by atoms with Gasteiger partial charge in [-0.1, -0.05) is 0 Å². The Hall–Kier alpha value is -1.36. The van der Waals surface area contributed by atoms with E-state index in [0.717, 1.165) is 10.4 Å². The predicted molar refractivity (Wildman–Crippen MR) is 63.0 cm³/mol. The van der Waals surface area contributed by atoms with Gasteiger partial charge in [0.05, 0.1) is 5.56 Å². The third kappa shape index (κ3) is 2.61. The van der Waals surface area contributed by atoms with Crippen molar-refractivity contribution in [2.45, 2.75) is 20.8 Å². The molecule has 0 aliphatic rings. The first-order valence-electron chi connectivity index (χ1n) is 5.03. The molecule has 0 aliphatic carbocycles. The summed E-state index contributed by atoms with van der Waals surface area (Å²) in [5, 5.41) is 10.5. The van der Waals surface area contributed by atoms with Gasteiger partial charge in [-0.15, -0.1) is 11.3 Å². The number of carbonyl (C=O) groups excluding carboxylic acids is 1. The second-order valence-electron chi connectivity index (χ2n) is 3.54. The molecule has 0 saturated heterocycles. The number of aliphatic carboxylic acids is 1. The largest absolute Gasteiger partial charge is 0.480 e. The van der Waals surface area contributed by atoms with Crippen LogP contribution >= 0.6 is 11.3 Å². The zero-order valence-electron chi connectivity index (χ0n) is 9.61. The van der Waals surface area contributed by atoms with E-state index in [-0.39, 0.29) is 12.5 Å². The molecule has 1 amide bonds. The van der Waals surface area contributed by atoms with Gasteiger partial charge < -0.3 is 10.0 Å². The molecule has 0 aromatic carbocycles. The number of hydrogen-bond donors (Lipinski definition) is 1. The van der Waals surface area contributed by atoms with Gasteiger partial charge in [-0.25, -0.2) is 0 Å². The van der Waals surface area contributed by atoms with Crippen LogP contribution < -0.4 is 0 Å². The van der Waals surface area contributed by atoms with Gasteiger partial charge in [0.2, 0.25) is 0 Å². The minimum Gasteiger partial charge on any atom is -0.480 e. The number of thiophene rings is 1. The van der Waals surface area contributed by atoms with Crippen molar-refractivity contribution in [3.05, 3.63) is 21.4 Å². The zero-order chi connectivity index (χ0) is 12.3. The Morgan fingerprint density at radius 3 is 2.44 bits per heavy atom. The van der Waals surface area contributed by atoms with Crippen molar-refractivity contribution in [2.24, 2.45) is 0 Å². The predicted octanol–water partition coefficient (Wildman–Crippen LogP) is 1.91. The fourth-order valence-corrected chi connectivity index (χ4v) is 2.24. The highest BCUT2D eigenvalue weighted by Gasteiger charge is 2.20. The first kappa shape index (κ1) is 12.7. The Balaban J connectivity index is 2.91. The van der Waals surface area contributed by atoms with E-state index >= 15 is 0 Å². The molecular formula is C11H15NO3S. The maximum absolute atomic E-state index is 12.0. The fourth-order valence-electron chi connectivity index (χ4n) is 1.39. The molecule has 1 aromatic rings. The van der Waals surface area contributed by atoms with E-state index in [9.17, 15) is 9.59 Å². The van der Waals surface area contributed by atoms with Crippen molar-refractivity contribution >= 4 is 23.2 Å². The minimum absolute atomic E-state index is 0.202. The molecule has 0 fully saturated rings. The second kappa shape index (κ2) is 5.12. The number of amides is 1. The number of carbonyl (C=O) groups is 2. The summed E-state index contributed by atoms with van der Waals surface area (Å²) in [6, 6.07) is 0. The highest BCUT2D eigenvalue weighted by molar-refractivity contribution is 7.10. The molecule has 1 rings (SSSR count). The molecule has 0 saturated carbocycles. The number of likely N-dealkylation sites (N-methyl/N-ethyl adjacent to an activating group) is 1. The molecule has 0 aliphatic heterocycles. The van der Waals surface area contributed by atoms with Gasteiger partial charge in [-0.2, -0.15) is 0 Å². The summed E-state index contributed by atoms with van der Waals surface area (Å²) < 4.78 is 0. The van der Waals surface area contributed by atoms with E-state index in [1.54, 1.807) is 12.3 Å². The first-order chi connectivity index (χ1) is 7.47. The molecule has 5 heteroatoms. The van der Waals surface area contributed by atoms with Crippen LogP contribution in [0.1, 0.15) is 27.7 Å². The SMILES string of the molecule is CCN(CC(=O)O)C(=O)c1csc(C)c1C. The first-order valence-corrected chi connectivity index (χ1v) is 5.91. The van der Waals surface area contributed by atoms with Crippen LogP contribution in [0.2, 0.25) is 0 Å². The summed E-state index contributed by atoms with van der Waals surface area (Å²) in [7, 11) is 0. The summed E-state index contributed by atoms with van der Waals surface area (Å²) in [6.07, 6.45) is 0. The number of nitrogens with zero attached hydrogens (tertiary/aromatic N) is 1. The van der Waals surface area contributed by atoms with E-state index in [1.807, 2.05) is 13.8 Å². The van der Waals surface area contributed by atoms with Crippen molar-refractivity contribution in [3.8, 4) is 0 Å². The smallest absolute Gasteiger partial charge is 0.323 e. The summed E-state index contributed by atoms with van der Waals surface area (Å²) in [5.74, 6) is -1.19. The average molecular weight is 241 g/mol. The van der Waals surface area contributed by atoms with Crippen LogP contribution in [0.4, 0.5) is 0 Å². The third-order valence-electron chi connectivity index (χ3n) is 2.51. The minimum atomic E-state index is -0.986. The van der Waals surface area contributed by atoms with Crippen molar-refractivity contribution in [1.82, 2.24) is 4.90 Å². The van der Waals surface area contributed by atoms with Gasteiger partial charge in [0, 0.05) is 16.8 Å². The molecule has 0 spiro atoms. The quantitative estimate of drug-likeness (QED) is 0.876. The maximum atomic E-state index is 12.0. The number of rotatable bonds is 4.